The predicted octanol–water partition coefficient (Wildman–Crippen LogP) is 1.69. The van der Waals surface area contributed by atoms with Crippen LogP contribution in [0, 0.1) is 6.92 Å². The largest absolute Gasteiger partial charge is 0.377 e. The highest BCUT2D eigenvalue weighted by atomic mass is 16.5. The Bertz CT molecular complexity index is 354. The van der Waals surface area contributed by atoms with Gasteiger partial charge in [0.15, 0.2) is 0 Å². The van der Waals surface area contributed by atoms with Crippen LogP contribution in [0.4, 0.5) is 11.8 Å². The van der Waals surface area contributed by atoms with Crippen molar-refractivity contribution in [2.45, 2.75) is 26.9 Å². The summed E-state index contributed by atoms with van der Waals surface area (Å²) in [5, 5.41) is 2.94. The standard InChI is InChI=1S/C12H22N4O/c1-9(2)17-7-6-16(5)11-10(3)8-14-12(13-4)15-11/h8-9H,6-7H2,1-5H3,(H,13,14,15). The number of nitrogens with zero attached hydrogens (tertiary/aromatic N) is 3. The predicted molar refractivity (Wildman–Crippen MR) is 70.7 cm³/mol. The smallest absolute Gasteiger partial charge is 0.224 e. The first-order chi connectivity index (χ1) is 8.04. The Morgan fingerprint density at radius 3 is 2.76 bits per heavy atom. The summed E-state index contributed by atoms with van der Waals surface area (Å²) in [7, 11) is 3.83. The third-order valence-corrected chi connectivity index (χ3v) is 2.41. The number of hydrogen-bond acceptors (Lipinski definition) is 5. The number of nitrogens with one attached hydrogen (secondary N) is 1. The number of aromatic nitrogens is 2. The summed E-state index contributed by atoms with van der Waals surface area (Å²) >= 11 is 0. The highest BCUT2D eigenvalue weighted by molar-refractivity contribution is 5.48. The average Bonchev–Trinajstić information content (AvgIpc) is 2.29. The third-order valence-electron chi connectivity index (χ3n) is 2.41. The molecule has 0 fully saturated rings. The fraction of sp³-hybridized carbons (Fsp3) is 0.667. The molecule has 1 heterocycles. The molecule has 0 saturated carbocycles. The molecule has 0 aliphatic carbocycles. The molecule has 1 rings (SSSR count). The average molecular weight is 238 g/mol. The fourth-order valence-corrected chi connectivity index (χ4v) is 1.47. The molecular formula is C12H22N4O. The zero-order chi connectivity index (χ0) is 12.8. The lowest BCUT2D eigenvalue weighted by atomic mass is 10.3. The normalized spacial score (nSPS) is 10.7. The van der Waals surface area contributed by atoms with Gasteiger partial charge in [0.2, 0.25) is 5.95 Å². The Hall–Kier alpha value is -1.36. The second-order valence-electron chi connectivity index (χ2n) is 4.29. The van der Waals surface area contributed by atoms with Crippen molar-refractivity contribution in [1.82, 2.24) is 9.97 Å². The van der Waals surface area contributed by atoms with Gasteiger partial charge in [-0.25, -0.2) is 4.98 Å². The molecule has 0 saturated heterocycles. The van der Waals surface area contributed by atoms with E-state index in [1.165, 1.54) is 0 Å². The maximum absolute atomic E-state index is 5.53. The van der Waals surface area contributed by atoms with Gasteiger partial charge in [-0.2, -0.15) is 4.98 Å². The summed E-state index contributed by atoms with van der Waals surface area (Å²) in [6.07, 6.45) is 2.09. The molecule has 0 aliphatic heterocycles. The SMILES string of the molecule is CNc1ncc(C)c(N(C)CCOC(C)C)n1. The molecule has 17 heavy (non-hydrogen) atoms. The lowest BCUT2D eigenvalue weighted by molar-refractivity contribution is 0.0845. The molecule has 0 amide bonds. The van der Waals surface area contributed by atoms with E-state index in [2.05, 4.69) is 20.2 Å². The topological polar surface area (TPSA) is 50.3 Å². The number of likely N-dealkylation sites (N-methyl/N-ethyl adjacent to an activating group) is 1. The van der Waals surface area contributed by atoms with E-state index in [4.69, 9.17) is 4.74 Å². The van der Waals surface area contributed by atoms with Gasteiger partial charge in [-0.05, 0) is 20.8 Å². The molecule has 96 valence electrons. The number of hydrogen-bond donors (Lipinski definition) is 1. The molecule has 0 radical (unpaired) electrons. The molecule has 5 heteroatoms. The van der Waals surface area contributed by atoms with Gasteiger partial charge in [-0.1, -0.05) is 0 Å². The summed E-state index contributed by atoms with van der Waals surface area (Å²) in [6.45, 7) is 7.60. The van der Waals surface area contributed by atoms with Gasteiger partial charge in [0.25, 0.3) is 0 Å². The van der Waals surface area contributed by atoms with E-state index in [1.54, 1.807) is 0 Å². The summed E-state index contributed by atoms with van der Waals surface area (Å²) in [5.41, 5.74) is 1.07. The van der Waals surface area contributed by atoms with Crippen LogP contribution in [0.25, 0.3) is 0 Å². The van der Waals surface area contributed by atoms with E-state index in [9.17, 15) is 0 Å². The van der Waals surface area contributed by atoms with E-state index in [0.29, 0.717) is 12.6 Å². The van der Waals surface area contributed by atoms with Crippen LogP contribution in [0.1, 0.15) is 19.4 Å². The molecule has 1 aromatic heterocycles. The van der Waals surface area contributed by atoms with E-state index in [-0.39, 0.29) is 6.10 Å². The summed E-state index contributed by atoms with van der Waals surface area (Å²) in [5.74, 6) is 1.58. The summed E-state index contributed by atoms with van der Waals surface area (Å²) in [4.78, 5) is 10.7. The van der Waals surface area contributed by atoms with Gasteiger partial charge < -0.3 is 15.0 Å². The van der Waals surface area contributed by atoms with Gasteiger partial charge in [-0.15, -0.1) is 0 Å². The fourth-order valence-electron chi connectivity index (χ4n) is 1.47. The number of rotatable bonds is 6. The maximum atomic E-state index is 5.53. The zero-order valence-electron chi connectivity index (χ0n) is 11.3. The molecule has 1 N–H and O–H groups in total. The molecule has 0 atom stereocenters. The highest BCUT2D eigenvalue weighted by Gasteiger charge is 2.08. The van der Waals surface area contributed by atoms with Gasteiger partial charge >= 0.3 is 0 Å². The first-order valence-electron chi connectivity index (χ1n) is 5.88. The van der Waals surface area contributed by atoms with Gasteiger partial charge in [0.1, 0.15) is 5.82 Å². The van der Waals surface area contributed by atoms with Gasteiger partial charge in [0.05, 0.1) is 12.7 Å². The van der Waals surface area contributed by atoms with Crippen molar-refractivity contribution >= 4 is 11.8 Å². The molecule has 1 aromatic rings. The van der Waals surface area contributed by atoms with Crippen LogP contribution in [0.3, 0.4) is 0 Å². The van der Waals surface area contributed by atoms with E-state index >= 15 is 0 Å². The first kappa shape index (κ1) is 13.7. The monoisotopic (exact) mass is 238 g/mol. The van der Waals surface area contributed by atoms with E-state index in [0.717, 1.165) is 17.9 Å². The van der Waals surface area contributed by atoms with Crippen LogP contribution in [0.2, 0.25) is 0 Å². The van der Waals surface area contributed by atoms with Crippen molar-refractivity contribution < 1.29 is 4.74 Å². The van der Waals surface area contributed by atoms with Crippen molar-refractivity contribution in [3.05, 3.63) is 11.8 Å². The van der Waals surface area contributed by atoms with Crippen LogP contribution >= 0.6 is 0 Å². The number of ether oxygens (including phenoxy) is 1. The Labute approximate surface area is 103 Å². The molecule has 0 aliphatic rings. The summed E-state index contributed by atoms with van der Waals surface area (Å²) < 4.78 is 5.53. The Morgan fingerprint density at radius 2 is 2.18 bits per heavy atom. The van der Waals surface area contributed by atoms with Crippen LogP contribution in [0.5, 0.6) is 0 Å². The molecular weight excluding hydrogens is 216 g/mol. The number of anilines is 2. The van der Waals surface area contributed by atoms with Crippen molar-refractivity contribution in [2.75, 3.05) is 37.5 Å². The lowest BCUT2D eigenvalue weighted by Crippen LogP contribution is -2.25. The van der Waals surface area contributed by atoms with Crippen molar-refractivity contribution in [3.63, 3.8) is 0 Å². The highest BCUT2D eigenvalue weighted by Crippen LogP contribution is 2.16. The van der Waals surface area contributed by atoms with Crippen LogP contribution in [-0.2, 0) is 4.74 Å². The molecule has 0 unspecified atom stereocenters. The van der Waals surface area contributed by atoms with Crippen molar-refractivity contribution in [1.29, 1.82) is 0 Å². The second-order valence-corrected chi connectivity index (χ2v) is 4.29. The Balaban J connectivity index is 2.64. The maximum Gasteiger partial charge on any atom is 0.224 e. The van der Waals surface area contributed by atoms with Crippen LogP contribution in [-0.4, -0.2) is 43.3 Å². The Morgan fingerprint density at radius 1 is 1.47 bits per heavy atom. The zero-order valence-corrected chi connectivity index (χ0v) is 11.3. The minimum Gasteiger partial charge on any atom is -0.377 e. The van der Waals surface area contributed by atoms with E-state index in [1.807, 2.05) is 41.1 Å². The van der Waals surface area contributed by atoms with E-state index < -0.39 is 0 Å². The number of aryl methyl sites for hydroxylation is 1. The Kier molecular flexibility index (Phi) is 5.15. The van der Waals surface area contributed by atoms with Crippen molar-refractivity contribution in [2.24, 2.45) is 0 Å². The second kappa shape index (κ2) is 6.39. The molecule has 0 aromatic carbocycles. The van der Waals surface area contributed by atoms with Crippen molar-refractivity contribution in [3.8, 4) is 0 Å². The van der Waals surface area contributed by atoms with Crippen LogP contribution in [0.15, 0.2) is 6.20 Å². The minimum atomic E-state index is 0.266. The quantitative estimate of drug-likeness (QED) is 0.817. The summed E-state index contributed by atoms with van der Waals surface area (Å²) in [6, 6.07) is 0. The third kappa shape index (κ3) is 4.19. The lowest BCUT2D eigenvalue weighted by Gasteiger charge is -2.21. The molecule has 0 bridgehead atoms. The van der Waals surface area contributed by atoms with Crippen LogP contribution < -0.4 is 10.2 Å². The first-order valence-corrected chi connectivity index (χ1v) is 5.88. The van der Waals surface area contributed by atoms with Gasteiger partial charge in [-0.3, -0.25) is 0 Å². The molecule has 0 spiro atoms. The minimum absolute atomic E-state index is 0.266. The molecule has 5 nitrogen and oxygen atoms in total. The van der Waals surface area contributed by atoms with Gasteiger partial charge in [0, 0.05) is 32.4 Å².